The van der Waals surface area contributed by atoms with Crippen LogP contribution in [0.2, 0.25) is 0 Å². The highest BCUT2D eigenvalue weighted by molar-refractivity contribution is 7.11. The lowest BCUT2D eigenvalue weighted by Crippen LogP contribution is -2.23. The predicted octanol–water partition coefficient (Wildman–Crippen LogP) is 4.18. The van der Waals surface area contributed by atoms with Crippen molar-refractivity contribution in [2.75, 3.05) is 13.7 Å². The van der Waals surface area contributed by atoms with Gasteiger partial charge < -0.3 is 10.1 Å². The fourth-order valence-corrected chi connectivity index (χ4v) is 3.02. The Balaban J connectivity index is 3.08. The minimum Gasteiger partial charge on any atom is -0.371 e. The van der Waals surface area contributed by atoms with Crippen molar-refractivity contribution in [3.8, 4) is 0 Å². The number of halogens is 3. The Kier molecular flexibility index (Phi) is 6.19. The molecule has 21 heavy (non-hydrogen) atoms. The van der Waals surface area contributed by atoms with Gasteiger partial charge in [0.1, 0.15) is 10.6 Å². The Morgan fingerprint density at radius 2 is 1.95 bits per heavy atom. The summed E-state index contributed by atoms with van der Waals surface area (Å²) in [6.07, 6.45) is -3.88. The highest BCUT2D eigenvalue weighted by Gasteiger charge is 2.40. The molecule has 0 bridgehead atoms. The van der Waals surface area contributed by atoms with Crippen LogP contribution in [0.3, 0.4) is 0 Å². The Hall–Kier alpha value is -0.660. The second-order valence-corrected chi connectivity index (χ2v) is 6.69. The smallest absolute Gasteiger partial charge is 0.371 e. The third-order valence-electron chi connectivity index (χ3n) is 3.38. The van der Waals surface area contributed by atoms with E-state index in [4.69, 9.17) is 4.74 Å². The van der Waals surface area contributed by atoms with E-state index in [2.05, 4.69) is 10.3 Å². The lowest BCUT2D eigenvalue weighted by molar-refractivity contribution is -0.141. The van der Waals surface area contributed by atoms with Gasteiger partial charge in [0.15, 0.2) is 5.69 Å². The van der Waals surface area contributed by atoms with Crippen molar-refractivity contribution >= 4 is 11.3 Å². The summed E-state index contributed by atoms with van der Waals surface area (Å²) in [5.41, 5.74) is -1.57. The Labute approximate surface area is 127 Å². The van der Waals surface area contributed by atoms with Gasteiger partial charge in [0.2, 0.25) is 0 Å². The first-order chi connectivity index (χ1) is 9.64. The van der Waals surface area contributed by atoms with E-state index in [9.17, 15) is 13.2 Å². The molecule has 0 saturated carbocycles. The molecule has 1 aromatic heterocycles. The summed E-state index contributed by atoms with van der Waals surface area (Å²) >= 11 is 1.08. The number of aromatic nitrogens is 1. The van der Waals surface area contributed by atoms with Crippen molar-refractivity contribution in [1.29, 1.82) is 0 Å². The molecule has 0 aliphatic carbocycles. The maximum Gasteiger partial charge on any atom is 0.434 e. The first-order valence-electron chi connectivity index (χ1n) is 6.97. The quantitative estimate of drug-likeness (QED) is 0.817. The molecule has 0 aromatic carbocycles. The van der Waals surface area contributed by atoms with Gasteiger partial charge in [0, 0.05) is 13.7 Å². The Morgan fingerprint density at radius 3 is 2.38 bits per heavy atom. The van der Waals surface area contributed by atoms with Crippen LogP contribution in [0.15, 0.2) is 0 Å². The minimum absolute atomic E-state index is 0.175. The molecule has 1 unspecified atom stereocenters. The molecule has 1 rings (SSSR count). The number of ether oxygens (including phenoxy) is 1. The molecule has 1 atom stereocenters. The van der Waals surface area contributed by atoms with Gasteiger partial charge in [-0.3, -0.25) is 0 Å². The number of thiazole rings is 1. The van der Waals surface area contributed by atoms with Crippen LogP contribution in [-0.4, -0.2) is 18.6 Å². The molecule has 0 radical (unpaired) electrons. The maximum atomic E-state index is 13.1. The molecule has 1 heterocycles. The number of hydrogen-bond donors (Lipinski definition) is 1. The predicted molar refractivity (Wildman–Crippen MR) is 78.3 cm³/mol. The zero-order valence-electron chi connectivity index (χ0n) is 13.1. The highest BCUT2D eigenvalue weighted by atomic mass is 32.1. The normalized spacial score (nSPS) is 15.5. The first kappa shape index (κ1) is 18.4. The molecule has 0 saturated heterocycles. The molecule has 0 aliphatic rings. The van der Waals surface area contributed by atoms with E-state index >= 15 is 0 Å². The van der Waals surface area contributed by atoms with E-state index in [0.29, 0.717) is 23.9 Å². The molecule has 1 aromatic rings. The van der Waals surface area contributed by atoms with Gasteiger partial charge in [-0.15, -0.1) is 11.3 Å². The SMILES string of the molecule is CCC(C)(OC)c1nc(C(F)(F)F)c(CNCC(C)C)s1. The summed E-state index contributed by atoms with van der Waals surface area (Å²) in [6.45, 7) is 8.49. The lowest BCUT2D eigenvalue weighted by atomic mass is 10.1. The number of nitrogens with one attached hydrogen (secondary N) is 1. The molecule has 0 fully saturated rings. The van der Waals surface area contributed by atoms with Crippen LogP contribution >= 0.6 is 11.3 Å². The fraction of sp³-hybridized carbons (Fsp3) is 0.786. The van der Waals surface area contributed by atoms with Crippen LogP contribution in [-0.2, 0) is 23.1 Å². The average molecular weight is 324 g/mol. The van der Waals surface area contributed by atoms with Crippen LogP contribution < -0.4 is 5.32 Å². The van der Waals surface area contributed by atoms with Gasteiger partial charge in [-0.1, -0.05) is 20.8 Å². The summed E-state index contributed by atoms with van der Waals surface area (Å²) in [6, 6.07) is 0. The molecule has 122 valence electrons. The molecule has 0 amide bonds. The van der Waals surface area contributed by atoms with Gasteiger partial charge in [-0.05, 0) is 25.8 Å². The van der Waals surface area contributed by atoms with Crippen LogP contribution in [0, 0.1) is 5.92 Å². The summed E-state index contributed by atoms with van der Waals surface area (Å²) in [5, 5.41) is 3.42. The van der Waals surface area contributed by atoms with Gasteiger partial charge in [-0.25, -0.2) is 4.98 Å². The second-order valence-electron chi connectivity index (χ2n) is 5.60. The van der Waals surface area contributed by atoms with E-state index in [-0.39, 0.29) is 11.4 Å². The third kappa shape index (κ3) is 4.66. The zero-order valence-corrected chi connectivity index (χ0v) is 13.9. The summed E-state index contributed by atoms with van der Waals surface area (Å²) < 4.78 is 44.7. The van der Waals surface area contributed by atoms with E-state index in [1.54, 1.807) is 6.92 Å². The van der Waals surface area contributed by atoms with Gasteiger partial charge in [-0.2, -0.15) is 13.2 Å². The Bertz CT molecular complexity index is 454. The number of hydrogen-bond acceptors (Lipinski definition) is 4. The molecular formula is C14H23F3N2OS. The maximum absolute atomic E-state index is 13.1. The fourth-order valence-electron chi connectivity index (χ4n) is 1.78. The molecule has 3 nitrogen and oxygen atoms in total. The Morgan fingerprint density at radius 1 is 1.33 bits per heavy atom. The van der Waals surface area contributed by atoms with Crippen molar-refractivity contribution in [2.45, 2.75) is 52.4 Å². The first-order valence-corrected chi connectivity index (χ1v) is 7.79. The standard InChI is InChI=1S/C14H23F3N2OS/c1-6-13(4,20-5)12-19-11(14(15,16)17)10(21-12)8-18-7-9(2)3/h9,18H,6-8H2,1-5H3. The molecule has 0 spiro atoms. The van der Waals surface area contributed by atoms with Gasteiger partial charge in [0.05, 0.1) is 4.88 Å². The molecule has 0 aliphatic heterocycles. The van der Waals surface area contributed by atoms with Crippen molar-refractivity contribution in [2.24, 2.45) is 5.92 Å². The average Bonchev–Trinajstić information content (AvgIpc) is 2.82. The lowest BCUT2D eigenvalue weighted by Gasteiger charge is -2.23. The summed E-state index contributed by atoms with van der Waals surface area (Å²) in [7, 11) is 1.49. The third-order valence-corrected chi connectivity index (χ3v) is 4.68. The van der Waals surface area contributed by atoms with Gasteiger partial charge >= 0.3 is 6.18 Å². The summed E-state index contributed by atoms with van der Waals surface area (Å²) in [5.74, 6) is 0.381. The van der Waals surface area contributed by atoms with Crippen LogP contribution in [0.1, 0.15) is 49.7 Å². The monoisotopic (exact) mass is 324 g/mol. The van der Waals surface area contributed by atoms with E-state index in [1.807, 2.05) is 20.8 Å². The highest BCUT2D eigenvalue weighted by Crippen LogP contribution is 2.39. The largest absolute Gasteiger partial charge is 0.434 e. The number of nitrogens with zero attached hydrogens (tertiary/aromatic N) is 1. The van der Waals surface area contributed by atoms with Crippen molar-refractivity contribution in [3.63, 3.8) is 0 Å². The topological polar surface area (TPSA) is 34.1 Å². The second kappa shape index (κ2) is 7.07. The van der Waals surface area contributed by atoms with E-state index in [0.717, 1.165) is 11.3 Å². The number of rotatable bonds is 7. The van der Waals surface area contributed by atoms with Crippen molar-refractivity contribution in [1.82, 2.24) is 10.3 Å². The van der Waals surface area contributed by atoms with Crippen LogP contribution in [0.4, 0.5) is 13.2 Å². The van der Waals surface area contributed by atoms with Crippen molar-refractivity contribution < 1.29 is 17.9 Å². The number of methoxy groups -OCH3 is 1. The van der Waals surface area contributed by atoms with Crippen molar-refractivity contribution in [3.05, 3.63) is 15.6 Å². The van der Waals surface area contributed by atoms with Crippen LogP contribution in [0.25, 0.3) is 0 Å². The van der Waals surface area contributed by atoms with E-state index in [1.165, 1.54) is 7.11 Å². The minimum atomic E-state index is -4.44. The van der Waals surface area contributed by atoms with Crippen LogP contribution in [0.5, 0.6) is 0 Å². The zero-order chi connectivity index (χ0) is 16.3. The molecular weight excluding hydrogens is 301 g/mol. The molecule has 7 heteroatoms. The van der Waals surface area contributed by atoms with Gasteiger partial charge in [0.25, 0.3) is 0 Å². The molecule has 1 N–H and O–H groups in total. The van der Waals surface area contributed by atoms with E-state index < -0.39 is 17.5 Å². The number of alkyl halides is 3. The summed E-state index contributed by atoms with van der Waals surface area (Å²) in [4.78, 5) is 4.04.